The molecule has 0 radical (unpaired) electrons. The van der Waals surface area contributed by atoms with Crippen molar-refractivity contribution in [3.05, 3.63) is 29.8 Å². The molecule has 1 unspecified atom stereocenters. The van der Waals surface area contributed by atoms with Crippen LogP contribution in [0.5, 0.6) is 5.75 Å². The first-order chi connectivity index (χ1) is 8.29. The third-order valence-corrected chi connectivity index (χ3v) is 2.80. The summed E-state index contributed by atoms with van der Waals surface area (Å²) in [5.74, 6) is 0.168. The van der Waals surface area contributed by atoms with Gasteiger partial charge in [0.25, 0.3) is 0 Å². The van der Waals surface area contributed by atoms with Gasteiger partial charge in [0.2, 0.25) is 0 Å². The molecular formula is C13H18F3NO. The van der Waals surface area contributed by atoms with Gasteiger partial charge in [-0.15, -0.1) is 13.2 Å². The SMILES string of the molecule is CC(C)C(N)CCc1ccccc1OC(F)(F)F. The highest BCUT2D eigenvalue weighted by molar-refractivity contribution is 5.33. The standard InChI is InChI=1S/C13H18F3NO/c1-9(2)11(17)8-7-10-5-3-4-6-12(10)18-13(14,15)16/h3-6,9,11H,7-8,17H2,1-2H3. The van der Waals surface area contributed by atoms with Crippen LogP contribution in [0.15, 0.2) is 24.3 Å². The van der Waals surface area contributed by atoms with Crippen LogP contribution >= 0.6 is 0 Å². The van der Waals surface area contributed by atoms with Crippen LogP contribution < -0.4 is 10.5 Å². The summed E-state index contributed by atoms with van der Waals surface area (Å²) < 4.78 is 40.6. The van der Waals surface area contributed by atoms with E-state index in [1.165, 1.54) is 12.1 Å². The number of hydrogen-bond acceptors (Lipinski definition) is 2. The van der Waals surface area contributed by atoms with Gasteiger partial charge >= 0.3 is 6.36 Å². The smallest absolute Gasteiger partial charge is 0.406 e. The quantitative estimate of drug-likeness (QED) is 0.880. The summed E-state index contributed by atoms with van der Waals surface area (Å²) in [5.41, 5.74) is 6.41. The maximum Gasteiger partial charge on any atom is 0.573 e. The number of ether oxygens (including phenoxy) is 1. The molecule has 1 atom stereocenters. The van der Waals surface area contributed by atoms with Gasteiger partial charge in [0.05, 0.1) is 0 Å². The molecule has 0 aliphatic rings. The predicted molar refractivity (Wildman–Crippen MR) is 64.3 cm³/mol. The minimum Gasteiger partial charge on any atom is -0.406 e. The number of halogens is 3. The van der Waals surface area contributed by atoms with E-state index in [1.54, 1.807) is 12.1 Å². The van der Waals surface area contributed by atoms with Crippen molar-refractivity contribution in [3.63, 3.8) is 0 Å². The van der Waals surface area contributed by atoms with Gasteiger partial charge in [-0.05, 0) is 30.4 Å². The normalized spacial score (nSPS) is 13.7. The minimum atomic E-state index is -4.66. The van der Waals surface area contributed by atoms with Gasteiger partial charge in [-0.1, -0.05) is 32.0 Å². The van der Waals surface area contributed by atoms with E-state index in [4.69, 9.17) is 5.73 Å². The molecule has 0 aromatic heterocycles. The Balaban J connectivity index is 2.71. The van der Waals surface area contributed by atoms with E-state index in [0.717, 1.165) is 0 Å². The van der Waals surface area contributed by atoms with Crippen molar-refractivity contribution in [2.75, 3.05) is 0 Å². The van der Waals surface area contributed by atoms with Crippen molar-refractivity contribution in [2.45, 2.75) is 39.1 Å². The van der Waals surface area contributed by atoms with Crippen molar-refractivity contribution in [3.8, 4) is 5.75 Å². The third-order valence-electron chi connectivity index (χ3n) is 2.80. The Labute approximate surface area is 105 Å². The number of nitrogens with two attached hydrogens (primary N) is 1. The first kappa shape index (κ1) is 14.8. The van der Waals surface area contributed by atoms with Crippen LogP contribution in [-0.2, 0) is 6.42 Å². The largest absolute Gasteiger partial charge is 0.573 e. The Morgan fingerprint density at radius 2 is 1.83 bits per heavy atom. The molecule has 0 aliphatic carbocycles. The molecule has 5 heteroatoms. The van der Waals surface area contributed by atoms with E-state index in [1.807, 2.05) is 13.8 Å². The molecular weight excluding hydrogens is 243 g/mol. The van der Waals surface area contributed by atoms with Crippen LogP contribution in [0.2, 0.25) is 0 Å². The van der Waals surface area contributed by atoms with E-state index in [9.17, 15) is 13.2 Å². The molecule has 0 fully saturated rings. The Hall–Kier alpha value is -1.23. The first-order valence-electron chi connectivity index (χ1n) is 5.89. The molecule has 1 aromatic rings. The zero-order chi connectivity index (χ0) is 13.8. The zero-order valence-corrected chi connectivity index (χ0v) is 10.5. The number of alkyl halides is 3. The highest BCUT2D eigenvalue weighted by Crippen LogP contribution is 2.27. The van der Waals surface area contributed by atoms with Crippen LogP contribution in [-0.4, -0.2) is 12.4 Å². The molecule has 0 bridgehead atoms. The fourth-order valence-electron chi connectivity index (χ4n) is 1.59. The van der Waals surface area contributed by atoms with Crippen LogP contribution in [0, 0.1) is 5.92 Å². The van der Waals surface area contributed by atoms with Crippen molar-refractivity contribution in [2.24, 2.45) is 11.7 Å². The van der Waals surface area contributed by atoms with Gasteiger partial charge in [0.1, 0.15) is 5.75 Å². The van der Waals surface area contributed by atoms with E-state index in [-0.39, 0.29) is 11.8 Å². The lowest BCUT2D eigenvalue weighted by Crippen LogP contribution is -2.27. The maximum absolute atomic E-state index is 12.2. The second-order valence-electron chi connectivity index (χ2n) is 4.60. The summed E-state index contributed by atoms with van der Waals surface area (Å²) in [5, 5.41) is 0. The van der Waals surface area contributed by atoms with E-state index in [2.05, 4.69) is 4.74 Å². The molecule has 102 valence electrons. The molecule has 0 aliphatic heterocycles. The lowest BCUT2D eigenvalue weighted by atomic mass is 9.97. The van der Waals surface area contributed by atoms with E-state index >= 15 is 0 Å². The lowest BCUT2D eigenvalue weighted by molar-refractivity contribution is -0.274. The summed E-state index contributed by atoms with van der Waals surface area (Å²) in [4.78, 5) is 0. The highest BCUT2D eigenvalue weighted by Gasteiger charge is 2.31. The topological polar surface area (TPSA) is 35.2 Å². The molecule has 0 amide bonds. The fourth-order valence-corrected chi connectivity index (χ4v) is 1.59. The minimum absolute atomic E-state index is 0.0241. The van der Waals surface area contributed by atoms with Gasteiger partial charge in [-0.25, -0.2) is 0 Å². The Morgan fingerprint density at radius 1 is 1.22 bits per heavy atom. The highest BCUT2D eigenvalue weighted by atomic mass is 19.4. The lowest BCUT2D eigenvalue weighted by Gasteiger charge is -2.17. The Bertz CT molecular complexity index is 377. The summed E-state index contributed by atoms with van der Waals surface area (Å²) in [6, 6.07) is 6.15. The van der Waals surface area contributed by atoms with Crippen molar-refractivity contribution in [1.82, 2.24) is 0 Å². The summed E-state index contributed by atoms with van der Waals surface area (Å²) in [6.07, 6.45) is -3.54. The summed E-state index contributed by atoms with van der Waals surface area (Å²) >= 11 is 0. The third kappa shape index (κ3) is 4.96. The molecule has 0 saturated heterocycles. The van der Waals surface area contributed by atoms with Crippen LogP contribution in [0.25, 0.3) is 0 Å². The van der Waals surface area contributed by atoms with Gasteiger partial charge in [0.15, 0.2) is 0 Å². The van der Waals surface area contributed by atoms with Crippen molar-refractivity contribution < 1.29 is 17.9 Å². The Morgan fingerprint density at radius 3 is 2.39 bits per heavy atom. The van der Waals surface area contributed by atoms with Gasteiger partial charge < -0.3 is 10.5 Å². The summed E-state index contributed by atoms with van der Waals surface area (Å²) in [7, 11) is 0. The number of para-hydroxylation sites is 1. The van der Waals surface area contributed by atoms with Gasteiger partial charge in [-0.2, -0.15) is 0 Å². The van der Waals surface area contributed by atoms with Gasteiger partial charge in [-0.3, -0.25) is 0 Å². The Kier molecular flexibility index (Phi) is 5.02. The molecule has 0 heterocycles. The monoisotopic (exact) mass is 261 g/mol. The van der Waals surface area contributed by atoms with E-state index in [0.29, 0.717) is 24.3 Å². The molecule has 1 rings (SSSR count). The van der Waals surface area contributed by atoms with Crippen molar-refractivity contribution >= 4 is 0 Å². The number of aryl methyl sites for hydroxylation is 1. The molecule has 0 spiro atoms. The second-order valence-corrected chi connectivity index (χ2v) is 4.60. The average Bonchev–Trinajstić information content (AvgIpc) is 2.25. The first-order valence-corrected chi connectivity index (χ1v) is 5.89. The predicted octanol–water partition coefficient (Wildman–Crippen LogP) is 3.50. The van der Waals surface area contributed by atoms with Crippen LogP contribution in [0.4, 0.5) is 13.2 Å². The molecule has 2 N–H and O–H groups in total. The molecule has 0 saturated carbocycles. The maximum atomic E-state index is 12.2. The number of rotatable bonds is 5. The van der Waals surface area contributed by atoms with Crippen LogP contribution in [0.3, 0.4) is 0 Å². The van der Waals surface area contributed by atoms with E-state index < -0.39 is 6.36 Å². The summed E-state index contributed by atoms with van der Waals surface area (Å²) in [6.45, 7) is 3.98. The number of benzene rings is 1. The molecule has 1 aromatic carbocycles. The van der Waals surface area contributed by atoms with Crippen LogP contribution in [0.1, 0.15) is 25.8 Å². The number of hydrogen-bond donors (Lipinski definition) is 1. The average molecular weight is 261 g/mol. The fraction of sp³-hybridized carbons (Fsp3) is 0.538. The van der Waals surface area contributed by atoms with Gasteiger partial charge in [0, 0.05) is 6.04 Å². The van der Waals surface area contributed by atoms with Crippen molar-refractivity contribution in [1.29, 1.82) is 0 Å². The second kappa shape index (κ2) is 6.09. The molecule has 18 heavy (non-hydrogen) atoms. The zero-order valence-electron chi connectivity index (χ0n) is 10.5. The molecule has 2 nitrogen and oxygen atoms in total.